The predicted molar refractivity (Wildman–Crippen MR) is 64.1 cm³/mol. The Hall–Kier alpha value is -0.860. The van der Waals surface area contributed by atoms with Crippen molar-refractivity contribution in [2.75, 3.05) is 19.6 Å². The molecule has 0 amide bonds. The molecule has 0 spiro atoms. The summed E-state index contributed by atoms with van der Waals surface area (Å²) in [5, 5.41) is 6.93. The van der Waals surface area contributed by atoms with Crippen LogP contribution in [0.1, 0.15) is 36.9 Å². The van der Waals surface area contributed by atoms with Crippen molar-refractivity contribution in [2.24, 2.45) is 0 Å². The van der Waals surface area contributed by atoms with E-state index in [1.165, 1.54) is 11.1 Å². The maximum Gasteiger partial charge on any atom is 0.0447 e. The molecule has 0 bridgehead atoms. The fourth-order valence-electron chi connectivity index (χ4n) is 2.00. The molecule has 0 aliphatic carbocycles. The monoisotopic (exact) mass is 204 g/mol. The molecular weight excluding hydrogens is 184 g/mol. The van der Waals surface area contributed by atoms with Crippen molar-refractivity contribution in [1.82, 2.24) is 10.6 Å². The Morgan fingerprint density at radius 1 is 1.13 bits per heavy atom. The normalized spacial score (nSPS) is 21.9. The third-order valence-corrected chi connectivity index (χ3v) is 3.05. The molecular formula is C13H20N2. The van der Waals surface area contributed by atoms with E-state index >= 15 is 0 Å². The Balaban J connectivity index is 2.08. The first-order valence-electron chi connectivity index (χ1n) is 5.81. The second-order valence-electron chi connectivity index (χ2n) is 4.53. The highest BCUT2D eigenvalue weighted by atomic mass is 15.1. The molecule has 0 radical (unpaired) electrons. The zero-order valence-electron chi connectivity index (χ0n) is 9.59. The molecule has 1 aromatic rings. The van der Waals surface area contributed by atoms with Crippen molar-refractivity contribution < 1.29 is 0 Å². The van der Waals surface area contributed by atoms with Gasteiger partial charge in [0.25, 0.3) is 0 Å². The van der Waals surface area contributed by atoms with Gasteiger partial charge in [0.15, 0.2) is 0 Å². The van der Waals surface area contributed by atoms with Crippen LogP contribution < -0.4 is 10.6 Å². The van der Waals surface area contributed by atoms with Crippen LogP contribution >= 0.6 is 0 Å². The van der Waals surface area contributed by atoms with E-state index < -0.39 is 0 Å². The number of piperazine rings is 1. The Morgan fingerprint density at radius 3 is 2.40 bits per heavy atom. The Kier molecular flexibility index (Phi) is 3.39. The van der Waals surface area contributed by atoms with Crippen LogP contribution in [-0.2, 0) is 0 Å². The number of hydrogen-bond acceptors (Lipinski definition) is 2. The zero-order valence-corrected chi connectivity index (χ0v) is 9.59. The summed E-state index contributed by atoms with van der Waals surface area (Å²) in [5.41, 5.74) is 2.81. The van der Waals surface area contributed by atoms with Crippen LogP contribution in [0.2, 0.25) is 0 Å². The lowest BCUT2D eigenvalue weighted by molar-refractivity contribution is 0.430. The van der Waals surface area contributed by atoms with Crippen LogP contribution in [0.15, 0.2) is 24.3 Å². The summed E-state index contributed by atoms with van der Waals surface area (Å²) in [4.78, 5) is 0. The molecule has 1 atom stereocenters. The topological polar surface area (TPSA) is 24.1 Å². The lowest BCUT2D eigenvalue weighted by Crippen LogP contribution is -2.42. The highest BCUT2D eigenvalue weighted by Crippen LogP contribution is 2.18. The van der Waals surface area contributed by atoms with Gasteiger partial charge < -0.3 is 10.6 Å². The minimum Gasteiger partial charge on any atom is -0.314 e. The SMILES string of the molecule is CC(C)c1ccc([C@@H]2CNCCN2)cc1. The van der Waals surface area contributed by atoms with Crippen molar-refractivity contribution in [3.05, 3.63) is 35.4 Å². The Labute approximate surface area is 92.1 Å². The van der Waals surface area contributed by atoms with E-state index in [1.54, 1.807) is 0 Å². The zero-order chi connectivity index (χ0) is 10.7. The molecule has 1 aromatic carbocycles. The molecule has 0 aromatic heterocycles. The molecule has 2 rings (SSSR count). The summed E-state index contributed by atoms with van der Waals surface area (Å²) in [7, 11) is 0. The van der Waals surface area contributed by atoms with Crippen LogP contribution in [-0.4, -0.2) is 19.6 Å². The summed E-state index contributed by atoms with van der Waals surface area (Å²) >= 11 is 0. The van der Waals surface area contributed by atoms with Crippen molar-refractivity contribution in [2.45, 2.75) is 25.8 Å². The van der Waals surface area contributed by atoms with Crippen molar-refractivity contribution in [3.63, 3.8) is 0 Å². The summed E-state index contributed by atoms with van der Waals surface area (Å²) in [6, 6.07) is 9.48. The molecule has 1 fully saturated rings. The standard InChI is InChI=1S/C13H20N2/c1-10(2)11-3-5-12(6-4-11)13-9-14-7-8-15-13/h3-6,10,13-15H,7-9H2,1-2H3/t13-/m0/s1. The molecule has 0 unspecified atom stereocenters. The van der Waals surface area contributed by atoms with E-state index in [0.29, 0.717) is 12.0 Å². The van der Waals surface area contributed by atoms with Gasteiger partial charge in [-0.15, -0.1) is 0 Å². The van der Waals surface area contributed by atoms with Crippen LogP contribution in [0, 0.1) is 0 Å². The molecule has 82 valence electrons. The average Bonchev–Trinajstić information content (AvgIpc) is 2.30. The van der Waals surface area contributed by atoms with Gasteiger partial charge in [-0.2, -0.15) is 0 Å². The average molecular weight is 204 g/mol. The van der Waals surface area contributed by atoms with Crippen molar-refractivity contribution in [3.8, 4) is 0 Å². The highest BCUT2D eigenvalue weighted by molar-refractivity contribution is 5.27. The second kappa shape index (κ2) is 4.77. The van der Waals surface area contributed by atoms with Gasteiger partial charge in [-0.05, 0) is 17.0 Å². The second-order valence-corrected chi connectivity index (χ2v) is 4.53. The van der Waals surface area contributed by atoms with Crippen molar-refractivity contribution >= 4 is 0 Å². The first-order chi connectivity index (χ1) is 7.27. The van der Waals surface area contributed by atoms with Gasteiger partial charge in [-0.1, -0.05) is 38.1 Å². The number of rotatable bonds is 2. The van der Waals surface area contributed by atoms with E-state index in [9.17, 15) is 0 Å². The van der Waals surface area contributed by atoms with Gasteiger partial charge in [0, 0.05) is 25.7 Å². The largest absolute Gasteiger partial charge is 0.314 e. The molecule has 1 aliphatic heterocycles. The summed E-state index contributed by atoms with van der Waals surface area (Å²) in [6.07, 6.45) is 0. The Morgan fingerprint density at radius 2 is 1.87 bits per heavy atom. The van der Waals surface area contributed by atoms with Gasteiger partial charge >= 0.3 is 0 Å². The molecule has 15 heavy (non-hydrogen) atoms. The van der Waals surface area contributed by atoms with E-state index in [2.05, 4.69) is 48.7 Å². The Bertz CT molecular complexity index is 297. The maximum absolute atomic E-state index is 3.52. The lowest BCUT2D eigenvalue weighted by atomic mass is 9.98. The summed E-state index contributed by atoms with van der Waals surface area (Å²) < 4.78 is 0. The first-order valence-corrected chi connectivity index (χ1v) is 5.81. The summed E-state index contributed by atoms with van der Waals surface area (Å²) in [6.45, 7) is 7.66. The quantitative estimate of drug-likeness (QED) is 0.770. The highest BCUT2D eigenvalue weighted by Gasteiger charge is 2.13. The van der Waals surface area contributed by atoms with E-state index in [0.717, 1.165) is 19.6 Å². The smallest absolute Gasteiger partial charge is 0.0447 e. The van der Waals surface area contributed by atoms with Gasteiger partial charge in [0.2, 0.25) is 0 Å². The van der Waals surface area contributed by atoms with Gasteiger partial charge in [0.05, 0.1) is 0 Å². The van der Waals surface area contributed by atoms with E-state index in [1.807, 2.05) is 0 Å². The molecule has 2 nitrogen and oxygen atoms in total. The maximum atomic E-state index is 3.52. The van der Waals surface area contributed by atoms with Gasteiger partial charge in [-0.25, -0.2) is 0 Å². The lowest BCUT2D eigenvalue weighted by Gasteiger charge is -2.25. The molecule has 1 saturated heterocycles. The van der Waals surface area contributed by atoms with Crippen LogP contribution in [0.4, 0.5) is 0 Å². The minimum atomic E-state index is 0.486. The van der Waals surface area contributed by atoms with E-state index in [4.69, 9.17) is 0 Å². The molecule has 1 aliphatic rings. The number of benzene rings is 1. The molecule has 0 saturated carbocycles. The first kappa shape index (κ1) is 10.7. The fraction of sp³-hybridized carbons (Fsp3) is 0.538. The third-order valence-electron chi connectivity index (χ3n) is 3.05. The van der Waals surface area contributed by atoms with Crippen molar-refractivity contribution in [1.29, 1.82) is 0 Å². The third kappa shape index (κ3) is 2.58. The van der Waals surface area contributed by atoms with Crippen LogP contribution in [0.5, 0.6) is 0 Å². The predicted octanol–water partition coefficient (Wildman–Crippen LogP) is 2.04. The van der Waals surface area contributed by atoms with Crippen LogP contribution in [0.3, 0.4) is 0 Å². The fourth-order valence-corrected chi connectivity index (χ4v) is 2.00. The molecule has 1 heterocycles. The minimum absolute atomic E-state index is 0.486. The number of nitrogens with one attached hydrogen (secondary N) is 2. The van der Waals surface area contributed by atoms with Crippen LogP contribution in [0.25, 0.3) is 0 Å². The number of hydrogen-bond donors (Lipinski definition) is 2. The molecule has 2 heteroatoms. The molecule has 2 N–H and O–H groups in total. The van der Waals surface area contributed by atoms with Gasteiger partial charge in [0.1, 0.15) is 0 Å². The van der Waals surface area contributed by atoms with E-state index in [-0.39, 0.29) is 0 Å². The summed E-state index contributed by atoms with van der Waals surface area (Å²) in [5.74, 6) is 0.622. The van der Waals surface area contributed by atoms with Gasteiger partial charge in [-0.3, -0.25) is 0 Å².